The van der Waals surface area contributed by atoms with Crippen LogP contribution in [0.4, 0.5) is 0 Å². The first kappa shape index (κ1) is 21.5. The van der Waals surface area contributed by atoms with Crippen LogP contribution in [0, 0.1) is 0 Å². The van der Waals surface area contributed by atoms with Gasteiger partial charge in [-0.05, 0) is 12.8 Å². The molecule has 0 aliphatic rings. The Labute approximate surface area is 139 Å². The van der Waals surface area contributed by atoms with Gasteiger partial charge >= 0.3 is 0 Å². The number of aryl methyl sites for hydroxylation is 4. The molecule has 4 nitrogen and oxygen atoms in total. The first-order valence-electron chi connectivity index (χ1n) is 6.67. The maximum Gasteiger partial charge on any atom is 0.243 e. The van der Waals surface area contributed by atoms with E-state index in [1.165, 1.54) is 12.8 Å². The quantitative estimate of drug-likeness (QED) is 0.486. The summed E-state index contributed by atoms with van der Waals surface area (Å²) < 4.78 is 8.46. The summed E-state index contributed by atoms with van der Waals surface area (Å²) in [4.78, 5) is 0. The minimum atomic E-state index is 0. The fourth-order valence-electron chi connectivity index (χ4n) is 1.78. The maximum absolute atomic E-state index is 2.18. The predicted octanol–water partition coefficient (Wildman–Crippen LogP) is -4.55. The summed E-state index contributed by atoms with van der Waals surface area (Å²) in [6.07, 6.45) is 14.9. The Morgan fingerprint density at radius 2 is 1.15 bits per heavy atom. The van der Waals surface area contributed by atoms with E-state index in [9.17, 15) is 0 Å². The molecular weight excluding hydrogens is 340 g/mol. The highest BCUT2D eigenvalue weighted by Gasteiger charge is 1.95. The number of rotatable bonds is 4. The zero-order valence-corrected chi connectivity index (χ0v) is 15.2. The third-order valence-corrected chi connectivity index (χ3v) is 2.61. The standard InChI is InChI=1S/2C7H13N2.BrH.ClH/c2*1-3-4-9-6-5-8(2)7-9;;/h2*5-7H,3-4H2,1-2H3;2*1H/q2*+1;;/p-2. The zero-order chi connectivity index (χ0) is 13.4. The molecule has 0 aliphatic carbocycles. The van der Waals surface area contributed by atoms with E-state index in [-0.39, 0.29) is 29.4 Å². The van der Waals surface area contributed by atoms with Crippen LogP contribution in [0.25, 0.3) is 0 Å². The van der Waals surface area contributed by atoms with E-state index in [0.717, 1.165) is 13.1 Å². The zero-order valence-electron chi connectivity index (χ0n) is 12.8. The monoisotopic (exact) mass is 364 g/mol. The average molecular weight is 366 g/mol. The van der Waals surface area contributed by atoms with Crippen LogP contribution in [-0.2, 0) is 27.2 Å². The van der Waals surface area contributed by atoms with Gasteiger partial charge in [0.05, 0.1) is 27.2 Å². The molecular formula is C14H26BrClN4. The highest BCUT2D eigenvalue weighted by Crippen LogP contribution is 1.86. The van der Waals surface area contributed by atoms with Gasteiger partial charge in [-0.3, -0.25) is 0 Å². The van der Waals surface area contributed by atoms with Gasteiger partial charge in [0, 0.05) is 0 Å². The van der Waals surface area contributed by atoms with Gasteiger partial charge < -0.3 is 29.4 Å². The van der Waals surface area contributed by atoms with Gasteiger partial charge in [-0.2, -0.15) is 0 Å². The second kappa shape index (κ2) is 12.0. The normalized spacial score (nSPS) is 9.00. The molecule has 0 saturated heterocycles. The van der Waals surface area contributed by atoms with Crippen LogP contribution in [0.15, 0.2) is 37.4 Å². The summed E-state index contributed by atoms with van der Waals surface area (Å²) in [5.41, 5.74) is 0. The van der Waals surface area contributed by atoms with E-state index >= 15 is 0 Å². The number of hydrogen-bond acceptors (Lipinski definition) is 0. The van der Waals surface area contributed by atoms with Crippen molar-refractivity contribution in [2.45, 2.75) is 39.8 Å². The van der Waals surface area contributed by atoms with E-state index in [1.807, 2.05) is 14.1 Å². The van der Waals surface area contributed by atoms with E-state index in [0.29, 0.717) is 0 Å². The molecule has 0 unspecified atom stereocenters. The molecule has 20 heavy (non-hydrogen) atoms. The van der Waals surface area contributed by atoms with Crippen molar-refractivity contribution in [1.29, 1.82) is 0 Å². The molecule has 0 bridgehead atoms. The van der Waals surface area contributed by atoms with Gasteiger partial charge in [0.2, 0.25) is 12.7 Å². The Morgan fingerprint density at radius 3 is 1.35 bits per heavy atom. The molecule has 0 N–H and O–H groups in total. The average Bonchev–Trinajstić information content (AvgIpc) is 2.90. The van der Waals surface area contributed by atoms with Crippen LogP contribution < -0.4 is 38.5 Å². The summed E-state index contributed by atoms with van der Waals surface area (Å²) in [7, 11) is 4.07. The molecule has 0 fully saturated rings. The van der Waals surface area contributed by atoms with E-state index < -0.39 is 0 Å². The molecule has 2 heterocycles. The molecule has 0 amide bonds. The molecule has 0 radical (unpaired) electrons. The largest absolute Gasteiger partial charge is 1.00 e. The fraction of sp³-hybridized carbons (Fsp3) is 0.571. The minimum Gasteiger partial charge on any atom is -1.00 e. The summed E-state index contributed by atoms with van der Waals surface area (Å²) >= 11 is 0. The van der Waals surface area contributed by atoms with Crippen molar-refractivity contribution in [1.82, 2.24) is 9.13 Å². The van der Waals surface area contributed by atoms with Crippen LogP contribution in [0.1, 0.15) is 26.7 Å². The van der Waals surface area contributed by atoms with Gasteiger partial charge in [0.25, 0.3) is 0 Å². The number of halogens is 2. The predicted molar refractivity (Wildman–Crippen MR) is 71.8 cm³/mol. The van der Waals surface area contributed by atoms with Crippen LogP contribution in [0.3, 0.4) is 0 Å². The lowest BCUT2D eigenvalue weighted by Gasteiger charge is -1.86. The van der Waals surface area contributed by atoms with Crippen molar-refractivity contribution in [3.63, 3.8) is 0 Å². The third kappa shape index (κ3) is 8.38. The maximum atomic E-state index is 2.18. The molecule has 6 heteroatoms. The Hall–Kier alpha value is -0.810. The molecule has 2 aromatic rings. The Balaban J connectivity index is 0. The Bertz CT molecular complexity index is 411. The van der Waals surface area contributed by atoms with Gasteiger partial charge in [-0.25, -0.2) is 18.3 Å². The minimum absolute atomic E-state index is 0. The van der Waals surface area contributed by atoms with Crippen molar-refractivity contribution in [2.75, 3.05) is 0 Å². The fourth-order valence-corrected chi connectivity index (χ4v) is 1.78. The second-order valence-electron chi connectivity index (χ2n) is 4.63. The topological polar surface area (TPSA) is 17.6 Å². The smallest absolute Gasteiger partial charge is 0.243 e. The SMILES string of the molecule is CCCn1cc[n+](C)c1.CCCn1cc[n+](C)c1.[Br-].[Cl-]. The van der Waals surface area contributed by atoms with Crippen molar-refractivity contribution in [3.8, 4) is 0 Å². The third-order valence-electron chi connectivity index (χ3n) is 2.61. The van der Waals surface area contributed by atoms with Gasteiger partial charge in [0.1, 0.15) is 24.8 Å². The highest BCUT2D eigenvalue weighted by atomic mass is 79.9. The first-order chi connectivity index (χ1) is 8.65. The van der Waals surface area contributed by atoms with Gasteiger partial charge in [-0.1, -0.05) is 13.8 Å². The number of nitrogens with zero attached hydrogens (tertiary/aromatic N) is 4. The summed E-state index contributed by atoms with van der Waals surface area (Å²) in [5, 5.41) is 0. The molecule has 0 aromatic carbocycles. The van der Waals surface area contributed by atoms with E-state index in [1.54, 1.807) is 0 Å². The van der Waals surface area contributed by atoms with Crippen molar-refractivity contribution in [3.05, 3.63) is 37.4 Å². The summed E-state index contributed by atoms with van der Waals surface area (Å²) in [6.45, 7) is 6.61. The van der Waals surface area contributed by atoms with Crippen LogP contribution in [-0.4, -0.2) is 9.13 Å². The Kier molecular flexibility index (Phi) is 12.9. The highest BCUT2D eigenvalue weighted by molar-refractivity contribution is 4.65. The van der Waals surface area contributed by atoms with Crippen LogP contribution in [0.2, 0.25) is 0 Å². The molecule has 116 valence electrons. The lowest BCUT2D eigenvalue weighted by atomic mass is 10.5. The van der Waals surface area contributed by atoms with Crippen LogP contribution in [0.5, 0.6) is 0 Å². The van der Waals surface area contributed by atoms with E-state index in [2.05, 4.69) is 69.6 Å². The number of imidazole rings is 2. The summed E-state index contributed by atoms with van der Waals surface area (Å²) in [5.74, 6) is 0. The Morgan fingerprint density at radius 1 is 0.800 bits per heavy atom. The summed E-state index contributed by atoms with van der Waals surface area (Å²) in [6, 6.07) is 0. The van der Waals surface area contributed by atoms with Crippen LogP contribution >= 0.6 is 0 Å². The molecule has 2 rings (SSSR count). The second-order valence-corrected chi connectivity index (χ2v) is 4.63. The van der Waals surface area contributed by atoms with Gasteiger partial charge in [-0.15, -0.1) is 0 Å². The molecule has 0 saturated carbocycles. The van der Waals surface area contributed by atoms with Gasteiger partial charge in [0.15, 0.2) is 0 Å². The van der Waals surface area contributed by atoms with Crippen molar-refractivity contribution < 1.29 is 38.5 Å². The van der Waals surface area contributed by atoms with E-state index in [4.69, 9.17) is 0 Å². The molecule has 0 atom stereocenters. The number of aromatic nitrogens is 4. The molecule has 0 aliphatic heterocycles. The first-order valence-corrected chi connectivity index (χ1v) is 6.67. The molecule has 0 spiro atoms. The lowest BCUT2D eigenvalue weighted by Crippen LogP contribution is -3.00. The number of hydrogen-bond donors (Lipinski definition) is 0. The lowest BCUT2D eigenvalue weighted by molar-refractivity contribution is -0.671. The molecule has 2 aromatic heterocycles. The van der Waals surface area contributed by atoms with Crippen molar-refractivity contribution >= 4 is 0 Å². The van der Waals surface area contributed by atoms with Crippen molar-refractivity contribution in [2.24, 2.45) is 14.1 Å².